The van der Waals surface area contributed by atoms with E-state index in [1.54, 1.807) is 22.4 Å². The van der Waals surface area contributed by atoms with Crippen molar-refractivity contribution in [1.82, 2.24) is 19.7 Å². The number of amides is 1. The number of aryl methyl sites for hydroxylation is 1. The number of carbonyl (C=O) groups excluding carboxylic acids is 1. The van der Waals surface area contributed by atoms with E-state index < -0.39 is 11.7 Å². The van der Waals surface area contributed by atoms with Crippen molar-refractivity contribution in [2.75, 3.05) is 11.1 Å². The minimum Gasteiger partial charge on any atom is -0.383 e. The largest absolute Gasteiger partial charge is 0.416 e. The number of anilines is 2. The van der Waals surface area contributed by atoms with Gasteiger partial charge in [0.15, 0.2) is 5.65 Å². The van der Waals surface area contributed by atoms with Gasteiger partial charge in [-0.05, 0) is 56.9 Å². The molecule has 186 valence electrons. The third kappa shape index (κ3) is 5.72. The Labute approximate surface area is 205 Å². The Hall–Kier alpha value is -3.21. The van der Waals surface area contributed by atoms with Crippen molar-refractivity contribution in [2.24, 2.45) is 0 Å². The highest BCUT2D eigenvalue weighted by molar-refractivity contribution is 8.03. The van der Waals surface area contributed by atoms with Crippen LogP contribution in [-0.4, -0.2) is 31.6 Å². The van der Waals surface area contributed by atoms with Gasteiger partial charge in [0.05, 0.1) is 22.5 Å². The summed E-state index contributed by atoms with van der Waals surface area (Å²) in [6.45, 7) is 3.90. The van der Waals surface area contributed by atoms with Gasteiger partial charge in [-0.15, -0.1) is 11.8 Å². The number of nitrogen functional groups attached to an aromatic ring is 1. The normalized spacial score (nSPS) is 17.5. The average molecular weight is 505 g/mol. The molecule has 1 aliphatic heterocycles. The van der Waals surface area contributed by atoms with E-state index in [9.17, 15) is 18.0 Å². The van der Waals surface area contributed by atoms with Crippen LogP contribution in [0.1, 0.15) is 54.9 Å². The minimum atomic E-state index is -4.37. The van der Waals surface area contributed by atoms with Gasteiger partial charge in [-0.2, -0.15) is 13.2 Å². The fraction of sp³-hybridized carbons (Fsp3) is 0.375. The molecule has 0 aliphatic carbocycles. The number of alkyl halides is 3. The summed E-state index contributed by atoms with van der Waals surface area (Å²) in [6.07, 6.45) is 4.13. The minimum absolute atomic E-state index is 0.0726. The number of imidazole rings is 1. The van der Waals surface area contributed by atoms with Gasteiger partial charge < -0.3 is 16.4 Å². The molecule has 4 rings (SSSR count). The molecule has 2 unspecified atom stereocenters. The van der Waals surface area contributed by atoms with Gasteiger partial charge in [-0.3, -0.25) is 9.20 Å². The smallest absolute Gasteiger partial charge is 0.383 e. The molecule has 2 aromatic heterocycles. The summed E-state index contributed by atoms with van der Waals surface area (Å²) in [4.78, 5) is 21.6. The second-order valence-corrected chi connectivity index (χ2v) is 9.70. The quantitative estimate of drug-likeness (QED) is 0.424. The lowest BCUT2D eigenvalue weighted by atomic mass is 10.1. The number of thioether (sulfide) groups is 1. The van der Waals surface area contributed by atoms with Crippen LogP contribution in [0.15, 0.2) is 47.8 Å². The molecule has 0 bridgehead atoms. The zero-order valence-corrected chi connectivity index (χ0v) is 20.2. The zero-order chi connectivity index (χ0) is 25.2. The van der Waals surface area contributed by atoms with Crippen molar-refractivity contribution in [3.63, 3.8) is 0 Å². The standard InChI is InChI=1S/C24H27F3N6OS/c1-3-17-22(28)33-13-18(29-12-20(33)32-17)23(34)30-14(2)19-6-4-5-7-21(35-19)31-16-10-8-15(9-11-16)24(25,26)27/h7-14,19,31H,3-6,28H2,1-2H3,(H,30,34). The van der Waals surface area contributed by atoms with E-state index in [0.29, 0.717) is 23.6 Å². The Morgan fingerprint density at radius 3 is 2.74 bits per heavy atom. The molecule has 3 aromatic rings. The summed E-state index contributed by atoms with van der Waals surface area (Å²) in [5.41, 5.74) is 7.62. The summed E-state index contributed by atoms with van der Waals surface area (Å²) < 4.78 is 40.1. The molecular weight excluding hydrogens is 477 g/mol. The molecule has 35 heavy (non-hydrogen) atoms. The Morgan fingerprint density at radius 2 is 2.06 bits per heavy atom. The van der Waals surface area contributed by atoms with Crippen LogP contribution < -0.4 is 16.4 Å². The summed E-state index contributed by atoms with van der Waals surface area (Å²) in [5.74, 6) is 0.187. The summed E-state index contributed by atoms with van der Waals surface area (Å²) in [5, 5.41) is 7.17. The van der Waals surface area contributed by atoms with E-state index in [4.69, 9.17) is 5.73 Å². The number of nitrogens with one attached hydrogen (secondary N) is 2. The number of benzene rings is 1. The monoisotopic (exact) mass is 504 g/mol. The van der Waals surface area contributed by atoms with Crippen LogP contribution in [-0.2, 0) is 12.6 Å². The SMILES string of the molecule is CCc1nc2cnc(C(=O)NC(C)C3CCCC=C(Nc4ccc(C(F)(F)F)cc4)S3)cn2c1N. The molecule has 0 radical (unpaired) electrons. The number of rotatable bonds is 6. The maximum Gasteiger partial charge on any atom is 0.416 e. The van der Waals surface area contributed by atoms with Crippen LogP contribution in [0.4, 0.5) is 24.7 Å². The van der Waals surface area contributed by atoms with Gasteiger partial charge in [0.25, 0.3) is 5.91 Å². The molecule has 1 amide bonds. The first-order valence-electron chi connectivity index (χ1n) is 11.4. The molecule has 2 atom stereocenters. The van der Waals surface area contributed by atoms with Crippen LogP contribution in [0, 0.1) is 0 Å². The molecule has 1 aliphatic rings. The highest BCUT2D eigenvalue weighted by Gasteiger charge is 2.30. The summed E-state index contributed by atoms with van der Waals surface area (Å²) in [7, 11) is 0. The Balaban J connectivity index is 1.41. The van der Waals surface area contributed by atoms with Gasteiger partial charge in [-0.25, -0.2) is 9.97 Å². The van der Waals surface area contributed by atoms with E-state index in [2.05, 4.69) is 20.6 Å². The van der Waals surface area contributed by atoms with Crippen molar-refractivity contribution < 1.29 is 18.0 Å². The lowest BCUT2D eigenvalue weighted by Gasteiger charge is -2.24. The molecule has 0 saturated heterocycles. The van der Waals surface area contributed by atoms with E-state index >= 15 is 0 Å². The third-order valence-electron chi connectivity index (χ3n) is 5.89. The lowest BCUT2D eigenvalue weighted by Crippen LogP contribution is -2.40. The number of allylic oxidation sites excluding steroid dienone is 1. The van der Waals surface area contributed by atoms with Crippen molar-refractivity contribution in [2.45, 2.75) is 57.0 Å². The Morgan fingerprint density at radius 1 is 1.31 bits per heavy atom. The van der Waals surface area contributed by atoms with Crippen molar-refractivity contribution in [3.8, 4) is 0 Å². The first kappa shape index (κ1) is 24.9. The maximum atomic E-state index is 12.9. The number of aromatic nitrogens is 3. The second-order valence-electron chi connectivity index (χ2n) is 8.42. The molecule has 3 heterocycles. The third-order valence-corrected chi connectivity index (χ3v) is 7.36. The number of nitrogens with two attached hydrogens (primary N) is 1. The highest BCUT2D eigenvalue weighted by Crippen LogP contribution is 2.34. The van der Waals surface area contributed by atoms with Crippen LogP contribution in [0.3, 0.4) is 0 Å². The van der Waals surface area contributed by atoms with Gasteiger partial charge >= 0.3 is 6.18 Å². The van der Waals surface area contributed by atoms with E-state index in [1.807, 2.05) is 19.9 Å². The Kier molecular flexibility index (Phi) is 7.25. The molecule has 1 aromatic carbocycles. The maximum absolute atomic E-state index is 12.9. The highest BCUT2D eigenvalue weighted by atomic mass is 32.2. The summed E-state index contributed by atoms with van der Waals surface area (Å²) in [6, 6.07) is 4.79. The predicted octanol–water partition coefficient (Wildman–Crippen LogP) is 5.25. The van der Waals surface area contributed by atoms with Gasteiger partial charge in [0.1, 0.15) is 11.5 Å². The van der Waals surface area contributed by atoms with Gasteiger partial charge in [0.2, 0.25) is 0 Å². The number of fused-ring (bicyclic) bond motifs is 1. The van der Waals surface area contributed by atoms with Crippen LogP contribution >= 0.6 is 11.8 Å². The fourth-order valence-electron chi connectivity index (χ4n) is 3.91. The number of halogens is 3. The number of hydrogen-bond donors (Lipinski definition) is 3. The molecular formula is C24H27F3N6OS. The lowest BCUT2D eigenvalue weighted by molar-refractivity contribution is -0.137. The zero-order valence-electron chi connectivity index (χ0n) is 19.4. The summed E-state index contributed by atoms with van der Waals surface area (Å²) >= 11 is 1.57. The number of nitrogens with zero attached hydrogens (tertiary/aromatic N) is 3. The van der Waals surface area contributed by atoms with Crippen LogP contribution in [0.5, 0.6) is 0 Å². The van der Waals surface area contributed by atoms with E-state index in [0.717, 1.165) is 42.1 Å². The topological polar surface area (TPSA) is 97.3 Å². The van der Waals surface area contributed by atoms with Gasteiger partial charge in [-0.1, -0.05) is 13.0 Å². The van der Waals surface area contributed by atoms with Crippen LogP contribution in [0.25, 0.3) is 5.65 Å². The van der Waals surface area contributed by atoms with Crippen molar-refractivity contribution in [1.29, 1.82) is 0 Å². The molecule has 0 spiro atoms. The first-order chi connectivity index (χ1) is 16.7. The van der Waals surface area contributed by atoms with Crippen molar-refractivity contribution >= 4 is 34.8 Å². The average Bonchev–Trinajstić information content (AvgIpc) is 2.98. The predicted molar refractivity (Wildman–Crippen MR) is 132 cm³/mol. The molecule has 0 fully saturated rings. The Bertz CT molecular complexity index is 1240. The fourth-order valence-corrected chi connectivity index (χ4v) is 5.19. The first-order valence-corrected chi connectivity index (χ1v) is 12.3. The molecule has 4 N–H and O–H groups in total. The van der Waals surface area contributed by atoms with Crippen LogP contribution in [0.2, 0.25) is 0 Å². The molecule has 11 heteroatoms. The second kappa shape index (κ2) is 10.2. The molecule has 0 saturated carbocycles. The van der Waals surface area contributed by atoms with E-state index in [1.165, 1.54) is 18.3 Å². The van der Waals surface area contributed by atoms with E-state index in [-0.39, 0.29) is 22.9 Å². The van der Waals surface area contributed by atoms with Crippen molar-refractivity contribution in [3.05, 3.63) is 64.7 Å². The van der Waals surface area contributed by atoms with Gasteiger partial charge in [0, 0.05) is 23.2 Å². The number of carbonyl (C=O) groups is 1. The number of hydrogen-bond acceptors (Lipinski definition) is 6. The molecule has 7 nitrogen and oxygen atoms in total.